The van der Waals surface area contributed by atoms with Crippen LogP contribution in [0, 0.1) is 13.8 Å². The minimum Gasteiger partial charge on any atom is -0.494 e. The quantitative estimate of drug-likeness (QED) is 0.367. The van der Waals surface area contributed by atoms with Crippen LogP contribution < -0.4 is 15.0 Å². The van der Waals surface area contributed by atoms with E-state index in [9.17, 15) is 9.59 Å². The van der Waals surface area contributed by atoms with E-state index in [0.29, 0.717) is 18.0 Å². The fourth-order valence-electron chi connectivity index (χ4n) is 3.74. The number of amides is 2. The van der Waals surface area contributed by atoms with Crippen LogP contribution in [0.25, 0.3) is 11.8 Å². The van der Waals surface area contributed by atoms with Gasteiger partial charge in [0.05, 0.1) is 24.2 Å². The fraction of sp³-hybridized carbons (Fsp3) is 0.167. The van der Waals surface area contributed by atoms with Crippen molar-refractivity contribution in [2.75, 3.05) is 11.5 Å². The zero-order chi connectivity index (χ0) is 22.8. The molecule has 0 aliphatic carbocycles. The van der Waals surface area contributed by atoms with Crippen molar-refractivity contribution in [1.29, 1.82) is 0 Å². The van der Waals surface area contributed by atoms with Crippen LogP contribution in [-0.4, -0.2) is 33.1 Å². The van der Waals surface area contributed by atoms with Crippen molar-refractivity contribution in [3.63, 3.8) is 0 Å². The Morgan fingerprint density at radius 2 is 1.91 bits per heavy atom. The number of rotatable bonds is 5. The third kappa shape index (κ3) is 3.92. The van der Waals surface area contributed by atoms with Crippen LogP contribution in [0.2, 0.25) is 0 Å². The summed E-state index contributed by atoms with van der Waals surface area (Å²) in [7, 11) is 0. The number of carbonyl (C=O) groups is 2. The van der Waals surface area contributed by atoms with Gasteiger partial charge in [0.15, 0.2) is 5.11 Å². The van der Waals surface area contributed by atoms with E-state index in [1.54, 1.807) is 42.7 Å². The molecule has 0 unspecified atom stereocenters. The summed E-state index contributed by atoms with van der Waals surface area (Å²) in [6.07, 6.45) is 5.08. The Kier molecular flexibility index (Phi) is 5.87. The number of pyridine rings is 1. The van der Waals surface area contributed by atoms with Gasteiger partial charge in [0.2, 0.25) is 0 Å². The maximum absolute atomic E-state index is 13.3. The number of nitrogens with zero attached hydrogens (tertiary/aromatic N) is 3. The summed E-state index contributed by atoms with van der Waals surface area (Å²) >= 11 is 5.30. The summed E-state index contributed by atoms with van der Waals surface area (Å²) in [5.41, 5.74) is 4.05. The first kappa shape index (κ1) is 21.5. The standard InChI is InChI=1S/C24H22N4O3S/c1-4-31-20-9-5-7-18(13-20)28-23(30)21(22(29)26-24(28)32)12-17-11-15(2)27(16(17)3)19-8-6-10-25-14-19/h5-14H,4H2,1-3H3,(H,26,29,32)/b21-12-. The normalized spacial score (nSPS) is 15.3. The van der Waals surface area contributed by atoms with Crippen LogP contribution in [-0.2, 0) is 9.59 Å². The lowest BCUT2D eigenvalue weighted by molar-refractivity contribution is -0.122. The topological polar surface area (TPSA) is 76.5 Å². The van der Waals surface area contributed by atoms with Crippen molar-refractivity contribution in [3.05, 3.63) is 77.4 Å². The molecular weight excluding hydrogens is 424 g/mol. The number of aromatic nitrogens is 2. The minimum absolute atomic E-state index is 0.00634. The van der Waals surface area contributed by atoms with Gasteiger partial charge in [-0.05, 0) is 75.0 Å². The Labute approximate surface area is 191 Å². The van der Waals surface area contributed by atoms with Gasteiger partial charge in [-0.15, -0.1) is 0 Å². The second-order valence-corrected chi connectivity index (χ2v) is 7.65. The number of aryl methyl sites for hydroxylation is 1. The monoisotopic (exact) mass is 446 g/mol. The smallest absolute Gasteiger partial charge is 0.270 e. The summed E-state index contributed by atoms with van der Waals surface area (Å²) in [5.74, 6) is -0.398. The highest BCUT2D eigenvalue weighted by atomic mass is 32.1. The van der Waals surface area contributed by atoms with E-state index in [4.69, 9.17) is 17.0 Å². The fourth-order valence-corrected chi connectivity index (χ4v) is 4.02. The van der Waals surface area contributed by atoms with Gasteiger partial charge in [0, 0.05) is 23.7 Å². The van der Waals surface area contributed by atoms with Crippen LogP contribution in [0.15, 0.2) is 60.4 Å². The highest BCUT2D eigenvalue weighted by Gasteiger charge is 2.35. The molecule has 32 heavy (non-hydrogen) atoms. The van der Waals surface area contributed by atoms with Crippen LogP contribution >= 0.6 is 12.2 Å². The van der Waals surface area contributed by atoms with Gasteiger partial charge in [-0.3, -0.25) is 24.8 Å². The Hall–Kier alpha value is -3.78. The average molecular weight is 447 g/mol. The van der Waals surface area contributed by atoms with E-state index >= 15 is 0 Å². The van der Waals surface area contributed by atoms with Crippen LogP contribution in [0.5, 0.6) is 5.75 Å². The van der Waals surface area contributed by atoms with Crippen molar-refractivity contribution in [1.82, 2.24) is 14.9 Å². The molecule has 2 amide bonds. The lowest BCUT2D eigenvalue weighted by atomic mass is 10.1. The second-order valence-electron chi connectivity index (χ2n) is 7.26. The van der Waals surface area contributed by atoms with E-state index in [1.165, 1.54) is 4.90 Å². The molecule has 0 bridgehead atoms. The molecule has 1 saturated heterocycles. The Morgan fingerprint density at radius 1 is 1.12 bits per heavy atom. The number of benzene rings is 1. The lowest BCUT2D eigenvalue weighted by Crippen LogP contribution is -2.54. The number of anilines is 1. The minimum atomic E-state index is -0.525. The Bertz CT molecular complexity index is 1250. The van der Waals surface area contributed by atoms with Crippen molar-refractivity contribution in [2.24, 2.45) is 0 Å². The van der Waals surface area contributed by atoms with Gasteiger partial charge in [-0.1, -0.05) is 6.07 Å². The first-order chi connectivity index (χ1) is 15.4. The van der Waals surface area contributed by atoms with E-state index < -0.39 is 11.8 Å². The molecule has 3 aromatic rings. The molecule has 1 fully saturated rings. The number of carbonyl (C=O) groups excluding carboxylic acids is 2. The first-order valence-corrected chi connectivity index (χ1v) is 10.5. The summed E-state index contributed by atoms with van der Waals surface area (Å²) < 4.78 is 7.56. The predicted molar refractivity (Wildman–Crippen MR) is 127 cm³/mol. The molecule has 0 saturated carbocycles. The summed E-state index contributed by atoms with van der Waals surface area (Å²) in [6.45, 7) is 6.28. The molecule has 1 N–H and O–H groups in total. The summed E-state index contributed by atoms with van der Waals surface area (Å²) in [5, 5.41) is 2.66. The molecule has 1 aliphatic heterocycles. The van der Waals surface area contributed by atoms with Crippen LogP contribution in [0.1, 0.15) is 23.9 Å². The van der Waals surface area contributed by atoms with E-state index in [1.807, 2.05) is 43.5 Å². The third-order valence-corrected chi connectivity index (χ3v) is 5.45. The number of ether oxygens (including phenoxy) is 1. The van der Waals surface area contributed by atoms with Crippen LogP contribution in [0.4, 0.5) is 5.69 Å². The van der Waals surface area contributed by atoms with Crippen molar-refractivity contribution >= 4 is 40.9 Å². The van der Waals surface area contributed by atoms with Crippen molar-refractivity contribution in [2.45, 2.75) is 20.8 Å². The molecule has 162 valence electrons. The lowest BCUT2D eigenvalue weighted by Gasteiger charge is -2.29. The molecule has 0 spiro atoms. The van der Waals surface area contributed by atoms with Gasteiger partial charge in [-0.25, -0.2) is 0 Å². The maximum Gasteiger partial charge on any atom is 0.270 e. The Morgan fingerprint density at radius 3 is 2.62 bits per heavy atom. The molecule has 3 heterocycles. The van der Waals surface area contributed by atoms with E-state index in [-0.39, 0.29) is 10.7 Å². The molecule has 7 nitrogen and oxygen atoms in total. The van der Waals surface area contributed by atoms with Gasteiger partial charge < -0.3 is 9.30 Å². The number of thiocarbonyl (C=S) groups is 1. The highest BCUT2D eigenvalue weighted by molar-refractivity contribution is 7.80. The zero-order valence-corrected chi connectivity index (χ0v) is 18.8. The molecule has 1 aromatic carbocycles. The second kappa shape index (κ2) is 8.76. The van der Waals surface area contributed by atoms with Gasteiger partial charge in [0.1, 0.15) is 11.3 Å². The SMILES string of the molecule is CCOc1cccc(N2C(=O)/C(=C\c3cc(C)n(-c4cccnc4)c3C)C(=O)NC2=S)c1. The molecule has 0 atom stereocenters. The molecule has 0 radical (unpaired) electrons. The van der Waals surface area contributed by atoms with Gasteiger partial charge in [0.25, 0.3) is 11.8 Å². The average Bonchev–Trinajstić information content (AvgIpc) is 3.05. The van der Waals surface area contributed by atoms with E-state index in [0.717, 1.165) is 22.6 Å². The number of nitrogens with one attached hydrogen (secondary N) is 1. The molecule has 1 aliphatic rings. The van der Waals surface area contributed by atoms with Gasteiger partial charge >= 0.3 is 0 Å². The molecule has 8 heteroatoms. The highest BCUT2D eigenvalue weighted by Crippen LogP contribution is 2.27. The predicted octanol–water partition coefficient (Wildman–Crippen LogP) is 3.72. The molecule has 4 rings (SSSR count). The largest absolute Gasteiger partial charge is 0.494 e. The maximum atomic E-state index is 13.3. The van der Waals surface area contributed by atoms with Crippen molar-refractivity contribution < 1.29 is 14.3 Å². The zero-order valence-electron chi connectivity index (χ0n) is 18.0. The third-order valence-electron chi connectivity index (χ3n) is 5.16. The van der Waals surface area contributed by atoms with Crippen LogP contribution in [0.3, 0.4) is 0 Å². The van der Waals surface area contributed by atoms with Gasteiger partial charge in [-0.2, -0.15) is 0 Å². The van der Waals surface area contributed by atoms with Crippen molar-refractivity contribution in [3.8, 4) is 11.4 Å². The first-order valence-electron chi connectivity index (χ1n) is 10.1. The number of hydrogen-bond acceptors (Lipinski definition) is 5. The molecule has 2 aromatic heterocycles. The number of hydrogen-bond donors (Lipinski definition) is 1. The summed E-state index contributed by atoms with van der Waals surface area (Å²) in [6, 6.07) is 12.8. The Balaban J connectivity index is 1.74. The summed E-state index contributed by atoms with van der Waals surface area (Å²) in [4.78, 5) is 31.5. The molecular formula is C24H22N4O3S. The van der Waals surface area contributed by atoms with E-state index in [2.05, 4.69) is 10.3 Å².